The van der Waals surface area contributed by atoms with Crippen LogP contribution in [0.1, 0.15) is 44.9 Å². The van der Waals surface area contributed by atoms with Crippen LogP contribution in [-0.2, 0) is 4.74 Å². The van der Waals surface area contributed by atoms with Gasteiger partial charge in [0.1, 0.15) is 6.61 Å². The molecule has 2 rings (SSSR count). The zero-order chi connectivity index (χ0) is 13.5. The van der Waals surface area contributed by atoms with Crippen molar-refractivity contribution in [1.29, 1.82) is 0 Å². The maximum atomic E-state index is 10.5. The molecule has 0 spiro atoms. The van der Waals surface area contributed by atoms with Gasteiger partial charge in [0.15, 0.2) is 0 Å². The summed E-state index contributed by atoms with van der Waals surface area (Å²) < 4.78 is 4.77. The maximum absolute atomic E-state index is 10.5. The van der Waals surface area contributed by atoms with Gasteiger partial charge in [-0.3, -0.25) is 0 Å². The molecule has 0 aromatic carbocycles. The third-order valence-corrected chi connectivity index (χ3v) is 4.44. The van der Waals surface area contributed by atoms with Crippen molar-refractivity contribution in [2.24, 2.45) is 11.7 Å². The number of ether oxygens (including phenoxy) is 1. The Balaban J connectivity index is 1.76. The minimum absolute atomic E-state index is 0.372. The Bertz CT molecular complexity index is 280. The van der Waals surface area contributed by atoms with Gasteiger partial charge >= 0.3 is 6.09 Å². The number of nitrogens with two attached hydrogens (primary N) is 1. The summed E-state index contributed by atoms with van der Waals surface area (Å²) >= 11 is 0. The summed E-state index contributed by atoms with van der Waals surface area (Å²) in [6, 6.07) is 1.23. The van der Waals surface area contributed by atoms with Crippen LogP contribution in [0.15, 0.2) is 0 Å². The predicted octanol–water partition coefficient (Wildman–Crippen LogP) is 1.37. The number of hydrogen-bond donors (Lipinski definition) is 3. The number of piperidine rings is 1. The molecule has 1 aliphatic carbocycles. The van der Waals surface area contributed by atoms with Crippen LogP contribution in [0.4, 0.5) is 4.79 Å². The molecule has 3 atom stereocenters. The number of primary amides is 1. The first-order valence-corrected chi connectivity index (χ1v) is 7.66. The quantitative estimate of drug-likeness (QED) is 0.659. The predicted molar refractivity (Wildman–Crippen MR) is 74.9 cm³/mol. The summed E-state index contributed by atoms with van der Waals surface area (Å²) in [6.07, 6.45) is 8.48. The molecule has 1 saturated carbocycles. The topological polar surface area (TPSA) is 76.4 Å². The number of amides is 1. The van der Waals surface area contributed by atoms with E-state index < -0.39 is 6.09 Å². The van der Waals surface area contributed by atoms with Gasteiger partial charge in [-0.15, -0.1) is 0 Å². The van der Waals surface area contributed by atoms with E-state index in [1.54, 1.807) is 0 Å². The van der Waals surface area contributed by atoms with E-state index in [1.807, 2.05) is 0 Å². The largest absolute Gasteiger partial charge is 0.448 e. The minimum Gasteiger partial charge on any atom is -0.448 e. The number of nitrogens with one attached hydrogen (secondary N) is 2. The van der Waals surface area contributed by atoms with Gasteiger partial charge in [-0.2, -0.15) is 0 Å². The van der Waals surface area contributed by atoms with Gasteiger partial charge in [-0.25, -0.2) is 4.79 Å². The zero-order valence-electron chi connectivity index (χ0n) is 11.7. The molecule has 0 aromatic heterocycles. The van der Waals surface area contributed by atoms with Crippen LogP contribution in [0.2, 0.25) is 0 Å². The van der Waals surface area contributed by atoms with E-state index in [2.05, 4.69) is 10.6 Å². The van der Waals surface area contributed by atoms with Crippen LogP contribution in [0.25, 0.3) is 0 Å². The highest BCUT2D eigenvalue weighted by molar-refractivity contribution is 5.64. The molecule has 4 N–H and O–H groups in total. The second kappa shape index (κ2) is 7.70. The summed E-state index contributed by atoms with van der Waals surface area (Å²) in [6.45, 7) is 2.24. The number of carbonyl (C=O) groups is 1. The average Bonchev–Trinajstić information content (AvgIpc) is 2.45. The van der Waals surface area contributed by atoms with Gasteiger partial charge in [0.2, 0.25) is 0 Å². The molecule has 1 heterocycles. The molecule has 1 saturated heterocycles. The molecule has 3 unspecified atom stereocenters. The molecule has 1 amide bonds. The van der Waals surface area contributed by atoms with Crippen molar-refractivity contribution in [3.05, 3.63) is 0 Å². The summed E-state index contributed by atoms with van der Waals surface area (Å²) in [7, 11) is 0. The monoisotopic (exact) mass is 269 g/mol. The molecular weight excluding hydrogens is 242 g/mol. The zero-order valence-corrected chi connectivity index (χ0v) is 11.7. The Morgan fingerprint density at radius 3 is 2.74 bits per heavy atom. The van der Waals surface area contributed by atoms with Crippen molar-refractivity contribution in [1.82, 2.24) is 10.6 Å². The summed E-state index contributed by atoms with van der Waals surface area (Å²) in [4.78, 5) is 10.5. The highest BCUT2D eigenvalue weighted by Gasteiger charge is 2.31. The Morgan fingerprint density at radius 2 is 2.00 bits per heavy atom. The van der Waals surface area contributed by atoms with Crippen LogP contribution < -0.4 is 16.4 Å². The molecular formula is C14H27N3O2. The van der Waals surface area contributed by atoms with E-state index in [1.165, 1.54) is 51.5 Å². The summed E-state index contributed by atoms with van der Waals surface area (Å²) in [5.41, 5.74) is 4.96. The highest BCUT2D eigenvalue weighted by Crippen LogP contribution is 2.30. The SMILES string of the molecule is NC(=O)OCCNC1CCCCC1C1CCCCN1. The number of rotatable bonds is 5. The van der Waals surface area contributed by atoms with Crippen LogP contribution in [0.3, 0.4) is 0 Å². The van der Waals surface area contributed by atoms with Gasteiger partial charge in [0.05, 0.1) is 0 Å². The molecule has 2 fully saturated rings. The first kappa shape index (κ1) is 14.6. The van der Waals surface area contributed by atoms with Crippen molar-refractivity contribution in [3.8, 4) is 0 Å². The molecule has 110 valence electrons. The Morgan fingerprint density at radius 1 is 1.21 bits per heavy atom. The van der Waals surface area contributed by atoms with Crippen LogP contribution in [0.5, 0.6) is 0 Å². The van der Waals surface area contributed by atoms with Crippen molar-refractivity contribution >= 4 is 6.09 Å². The van der Waals surface area contributed by atoms with Crippen LogP contribution in [-0.4, -0.2) is 37.9 Å². The van der Waals surface area contributed by atoms with Gasteiger partial charge in [0.25, 0.3) is 0 Å². The first-order chi connectivity index (χ1) is 9.27. The van der Waals surface area contributed by atoms with Crippen molar-refractivity contribution < 1.29 is 9.53 Å². The number of carbonyl (C=O) groups excluding carboxylic acids is 1. The Kier molecular flexibility index (Phi) is 5.92. The van der Waals surface area contributed by atoms with E-state index in [-0.39, 0.29) is 0 Å². The van der Waals surface area contributed by atoms with Gasteiger partial charge in [-0.05, 0) is 38.1 Å². The standard InChI is InChI=1S/C14H27N3O2/c15-14(18)19-10-9-17-13-6-2-1-5-11(13)12-7-3-4-8-16-12/h11-13,16-17H,1-10H2,(H2,15,18). The highest BCUT2D eigenvalue weighted by atomic mass is 16.5. The third kappa shape index (κ3) is 4.66. The molecule has 0 radical (unpaired) electrons. The van der Waals surface area contributed by atoms with Crippen LogP contribution in [0, 0.1) is 5.92 Å². The lowest BCUT2D eigenvalue weighted by Crippen LogP contribution is -2.51. The second-order valence-electron chi connectivity index (χ2n) is 5.73. The fourth-order valence-electron chi connectivity index (χ4n) is 3.53. The second-order valence-corrected chi connectivity index (χ2v) is 5.73. The lowest BCUT2D eigenvalue weighted by Gasteiger charge is -2.40. The number of hydrogen-bond acceptors (Lipinski definition) is 4. The minimum atomic E-state index is -0.684. The molecule has 0 bridgehead atoms. The summed E-state index contributed by atoms with van der Waals surface area (Å²) in [5.74, 6) is 0.725. The molecule has 5 heteroatoms. The fraction of sp³-hybridized carbons (Fsp3) is 0.929. The lowest BCUT2D eigenvalue weighted by molar-refractivity contribution is 0.145. The Hall–Kier alpha value is -0.810. The van der Waals surface area contributed by atoms with E-state index in [9.17, 15) is 4.79 Å². The normalized spacial score (nSPS) is 31.9. The molecule has 1 aliphatic heterocycles. The van der Waals surface area contributed by atoms with Gasteiger partial charge in [-0.1, -0.05) is 19.3 Å². The summed E-state index contributed by atoms with van der Waals surface area (Å²) in [5, 5.41) is 7.23. The van der Waals surface area contributed by atoms with Crippen LogP contribution >= 0.6 is 0 Å². The lowest BCUT2D eigenvalue weighted by atomic mass is 9.77. The van der Waals surface area contributed by atoms with E-state index in [0.717, 1.165) is 5.92 Å². The van der Waals surface area contributed by atoms with Crippen molar-refractivity contribution in [2.75, 3.05) is 19.7 Å². The Labute approximate surface area is 115 Å². The molecule has 5 nitrogen and oxygen atoms in total. The third-order valence-electron chi connectivity index (χ3n) is 4.44. The van der Waals surface area contributed by atoms with Crippen molar-refractivity contribution in [3.63, 3.8) is 0 Å². The molecule has 2 aliphatic rings. The van der Waals surface area contributed by atoms with E-state index in [4.69, 9.17) is 10.5 Å². The van der Waals surface area contributed by atoms with Gasteiger partial charge in [0, 0.05) is 18.6 Å². The molecule has 0 aromatic rings. The van der Waals surface area contributed by atoms with E-state index in [0.29, 0.717) is 25.2 Å². The first-order valence-electron chi connectivity index (χ1n) is 7.66. The van der Waals surface area contributed by atoms with Gasteiger partial charge < -0.3 is 21.1 Å². The average molecular weight is 269 g/mol. The van der Waals surface area contributed by atoms with Crippen molar-refractivity contribution in [2.45, 2.75) is 57.0 Å². The smallest absolute Gasteiger partial charge is 0.404 e. The fourth-order valence-corrected chi connectivity index (χ4v) is 3.53. The molecule has 19 heavy (non-hydrogen) atoms. The van der Waals surface area contributed by atoms with E-state index >= 15 is 0 Å². The maximum Gasteiger partial charge on any atom is 0.404 e.